The zero-order valence-corrected chi connectivity index (χ0v) is 10.3. The summed E-state index contributed by atoms with van der Waals surface area (Å²) in [5.41, 5.74) is 0.574. The van der Waals surface area contributed by atoms with E-state index >= 15 is 0 Å². The Morgan fingerprint density at radius 2 is 2.40 bits per heavy atom. The van der Waals surface area contributed by atoms with Crippen molar-refractivity contribution in [1.82, 2.24) is 4.98 Å². The average molecular weight is 225 g/mol. The lowest BCUT2D eigenvalue weighted by Gasteiger charge is -2.37. The number of rotatable bonds is 2. The molecule has 2 nitrogen and oxygen atoms in total. The van der Waals surface area contributed by atoms with Crippen molar-refractivity contribution >= 4 is 11.3 Å². The van der Waals surface area contributed by atoms with Gasteiger partial charge in [-0.3, -0.25) is 0 Å². The van der Waals surface area contributed by atoms with E-state index in [1.54, 1.807) is 11.3 Å². The highest BCUT2D eigenvalue weighted by Crippen LogP contribution is 2.36. The molecule has 3 heteroatoms. The van der Waals surface area contributed by atoms with E-state index in [9.17, 15) is 5.11 Å². The Labute approximate surface area is 95.4 Å². The van der Waals surface area contributed by atoms with E-state index in [2.05, 4.69) is 17.3 Å². The Hall–Kier alpha value is -0.410. The fraction of sp³-hybridized carbons (Fsp3) is 0.750. The molecule has 84 valence electrons. The molecule has 1 fully saturated rings. The molecule has 0 radical (unpaired) electrons. The summed E-state index contributed by atoms with van der Waals surface area (Å²) in [6, 6.07) is 0. The van der Waals surface area contributed by atoms with Gasteiger partial charge < -0.3 is 5.11 Å². The molecule has 0 saturated heterocycles. The van der Waals surface area contributed by atoms with Gasteiger partial charge in [-0.15, -0.1) is 11.3 Å². The van der Waals surface area contributed by atoms with Crippen molar-refractivity contribution in [3.05, 3.63) is 16.1 Å². The van der Waals surface area contributed by atoms with Crippen LogP contribution in [0.25, 0.3) is 0 Å². The van der Waals surface area contributed by atoms with E-state index in [1.807, 2.05) is 6.92 Å². The predicted molar refractivity (Wildman–Crippen MR) is 63.1 cm³/mol. The zero-order valence-electron chi connectivity index (χ0n) is 9.49. The van der Waals surface area contributed by atoms with E-state index in [-0.39, 0.29) is 0 Å². The minimum Gasteiger partial charge on any atom is -0.389 e. The summed E-state index contributed by atoms with van der Waals surface area (Å²) >= 11 is 1.67. The quantitative estimate of drug-likeness (QED) is 0.839. The largest absolute Gasteiger partial charge is 0.389 e. The molecule has 2 atom stereocenters. The van der Waals surface area contributed by atoms with Crippen molar-refractivity contribution < 1.29 is 5.11 Å². The van der Waals surface area contributed by atoms with Gasteiger partial charge in [-0.1, -0.05) is 19.8 Å². The molecule has 0 bridgehead atoms. The Balaban J connectivity index is 2.08. The molecule has 15 heavy (non-hydrogen) atoms. The van der Waals surface area contributed by atoms with Crippen LogP contribution in [0.15, 0.2) is 5.38 Å². The van der Waals surface area contributed by atoms with Crippen LogP contribution in [0.2, 0.25) is 0 Å². The van der Waals surface area contributed by atoms with Crippen molar-refractivity contribution in [3.8, 4) is 0 Å². The third kappa shape index (κ3) is 2.40. The fourth-order valence-corrected chi connectivity index (χ4v) is 3.29. The van der Waals surface area contributed by atoms with Gasteiger partial charge in [-0.2, -0.15) is 0 Å². The minimum absolute atomic E-state index is 0.412. The number of hydrogen-bond acceptors (Lipinski definition) is 3. The molecule has 0 amide bonds. The van der Waals surface area contributed by atoms with Gasteiger partial charge in [0.25, 0.3) is 0 Å². The zero-order chi connectivity index (χ0) is 10.9. The number of aryl methyl sites for hydroxylation is 1. The second kappa shape index (κ2) is 4.22. The normalized spacial score (nSPS) is 31.8. The van der Waals surface area contributed by atoms with Crippen LogP contribution < -0.4 is 0 Å². The molecule has 1 aromatic rings. The highest BCUT2D eigenvalue weighted by atomic mass is 32.1. The standard InChI is InChI=1S/C12H19NOS/c1-9-5-3-4-6-12(9,14)7-11-13-10(2)8-15-11/h8-9,14H,3-7H2,1-2H3. The lowest BCUT2D eigenvalue weighted by Crippen LogP contribution is -2.41. The third-order valence-corrected chi connectivity index (χ3v) is 4.50. The number of thiazole rings is 1. The average Bonchev–Trinajstić information content (AvgIpc) is 2.57. The van der Waals surface area contributed by atoms with Gasteiger partial charge in [0.2, 0.25) is 0 Å². The van der Waals surface area contributed by atoms with Crippen molar-refractivity contribution in [2.24, 2.45) is 5.92 Å². The van der Waals surface area contributed by atoms with E-state index in [1.165, 1.54) is 6.42 Å². The van der Waals surface area contributed by atoms with Gasteiger partial charge in [0.05, 0.1) is 10.6 Å². The highest BCUT2D eigenvalue weighted by Gasteiger charge is 2.36. The maximum Gasteiger partial charge on any atom is 0.0956 e. The second-order valence-corrected chi connectivity index (χ2v) is 5.75. The molecule has 1 saturated carbocycles. The number of aromatic nitrogens is 1. The first-order chi connectivity index (χ1) is 7.10. The maximum atomic E-state index is 10.6. The van der Waals surface area contributed by atoms with Gasteiger partial charge >= 0.3 is 0 Å². The second-order valence-electron chi connectivity index (χ2n) is 4.81. The molecule has 1 heterocycles. The smallest absolute Gasteiger partial charge is 0.0956 e. The SMILES string of the molecule is Cc1csc(CC2(O)CCCCC2C)n1. The number of aliphatic hydroxyl groups is 1. The molecule has 1 aromatic heterocycles. The van der Waals surface area contributed by atoms with Crippen LogP contribution in [0.1, 0.15) is 43.3 Å². The van der Waals surface area contributed by atoms with Gasteiger partial charge in [0, 0.05) is 17.5 Å². The summed E-state index contributed by atoms with van der Waals surface area (Å²) in [5, 5.41) is 13.7. The van der Waals surface area contributed by atoms with Crippen molar-refractivity contribution in [2.75, 3.05) is 0 Å². The van der Waals surface area contributed by atoms with Gasteiger partial charge in [0.1, 0.15) is 0 Å². The lowest BCUT2D eigenvalue weighted by molar-refractivity contribution is -0.0405. The summed E-state index contributed by atoms with van der Waals surface area (Å²) in [6.07, 6.45) is 5.26. The predicted octanol–water partition coefficient (Wildman–Crippen LogP) is 2.94. The van der Waals surface area contributed by atoms with E-state index in [0.717, 1.165) is 36.4 Å². The Bertz CT molecular complexity index is 336. The van der Waals surface area contributed by atoms with Crippen molar-refractivity contribution in [3.63, 3.8) is 0 Å². The molecule has 2 unspecified atom stereocenters. The van der Waals surface area contributed by atoms with E-state index in [4.69, 9.17) is 0 Å². The van der Waals surface area contributed by atoms with Crippen LogP contribution in [0.5, 0.6) is 0 Å². The summed E-state index contributed by atoms with van der Waals surface area (Å²) in [6.45, 7) is 4.17. The van der Waals surface area contributed by atoms with Crippen LogP contribution in [-0.2, 0) is 6.42 Å². The molecule has 2 rings (SSSR count). The Morgan fingerprint density at radius 3 is 3.00 bits per heavy atom. The fourth-order valence-electron chi connectivity index (χ4n) is 2.41. The molecule has 1 aliphatic carbocycles. The number of nitrogens with zero attached hydrogens (tertiary/aromatic N) is 1. The van der Waals surface area contributed by atoms with Crippen molar-refractivity contribution in [1.29, 1.82) is 0 Å². The van der Waals surface area contributed by atoms with Crippen LogP contribution in [0, 0.1) is 12.8 Å². The van der Waals surface area contributed by atoms with Crippen molar-refractivity contribution in [2.45, 2.75) is 51.6 Å². The first-order valence-electron chi connectivity index (χ1n) is 5.73. The van der Waals surface area contributed by atoms with Gasteiger partial charge in [-0.05, 0) is 25.7 Å². The van der Waals surface area contributed by atoms with Crippen LogP contribution in [0.4, 0.5) is 0 Å². The first-order valence-corrected chi connectivity index (χ1v) is 6.61. The molecular formula is C12H19NOS. The number of hydrogen-bond donors (Lipinski definition) is 1. The topological polar surface area (TPSA) is 33.1 Å². The van der Waals surface area contributed by atoms with Crippen LogP contribution >= 0.6 is 11.3 Å². The minimum atomic E-state index is -0.497. The monoisotopic (exact) mass is 225 g/mol. The first kappa shape index (κ1) is 11.1. The maximum absolute atomic E-state index is 10.6. The molecule has 0 aliphatic heterocycles. The van der Waals surface area contributed by atoms with Crippen LogP contribution in [-0.4, -0.2) is 15.7 Å². The summed E-state index contributed by atoms with van der Waals surface area (Å²) in [4.78, 5) is 4.44. The van der Waals surface area contributed by atoms with Crippen LogP contribution in [0.3, 0.4) is 0 Å². The molecule has 0 spiro atoms. The molecule has 1 N–H and O–H groups in total. The molecule has 1 aliphatic rings. The van der Waals surface area contributed by atoms with Gasteiger partial charge in [0.15, 0.2) is 0 Å². The van der Waals surface area contributed by atoms with Gasteiger partial charge in [-0.25, -0.2) is 4.98 Å². The lowest BCUT2D eigenvalue weighted by atomic mass is 9.75. The molecule has 0 aromatic carbocycles. The van der Waals surface area contributed by atoms with E-state index < -0.39 is 5.60 Å². The Morgan fingerprint density at radius 1 is 1.60 bits per heavy atom. The molecular weight excluding hydrogens is 206 g/mol. The van der Waals surface area contributed by atoms with E-state index in [0.29, 0.717) is 5.92 Å². The summed E-state index contributed by atoms with van der Waals surface area (Å²) in [5.74, 6) is 0.412. The summed E-state index contributed by atoms with van der Waals surface area (Å²) < 4.78 is 0. The Kier molecular flexibility index (Phi) is 3.12. The highest BCUT2D eigenvalue weighted by molar-refractivity contribution is 7.09. The summed E-state index contributed by atoms with van der Waals surface area (Å²) in [7, 11) is 0. The third-order valence-electron chi connectivity index (χ3n) is 3.54.